The highest BCUT2D eigenvalue weighted by molar-refractivity contribution is 7.89. The minimum atomic E-state index is -3.17. The van der Waals surface area contributed by atoms with Crippen LogP contribution in [0.3, 0.4) is 0 Å². The Morgan fingerprint density at radius 2 is 1.85 bits per heavy atom. The molecule has 0 spiro atoms. The first-order valence-corrected chi connectivity index (χ1v) is 11.2. The third-order valence-corrected chi connectivity index (χ3v) is 7.21. The molecule has 0 bridgehead atoms. The molecule has 2 aliphatic heterocycles. The van der Waals surface area contributed by atoms with Gasteiger partial charge in [0.05, 0.1) is 11.7 Å². The standard InChI is InChI=1S/C18H33N3O4S/c1-5-6-11-26(24,25)20-9-7-15(8-10-20)19-17(23)14-12-16(22)21(13-14)18(2,3)4/h14-15H,5-13H2,1-4H3,(H,19,23). The molecule has 2 saturated heterocycles. The molecule has 8 heteroatoms. The smallest absolute Gasteiger partial charge is 0.225 e. The second-order valence-electron chi connectivity index (χ2n) is 8.43. The largest absolute Gasteiger partial charge is 0.353 e. The third kappa shape index (κ3) is 5.19. The monoisotopic (exact) mass is 387 g/mol. The van der Waals surface area contributed by atoms with Crippen LogP contribution in [0.15, 0.2) is 0 Å². The summed E-state index contributed by atoms with van der Waals surface area (Å²) in [6.07, 6.45) is 3.05. The van der Waals surface area contributed by atoms with Gasteiger partial charge in [-0.3, -0.25) is 9.59 Å². The first-order valence-electron chi connectivity index (χ1n) is 9.63. The molecule has 1 N–H and O–H groups in total. The molecule has 2 aliphatic rings. The summed E-state index contributed by atoms with van der Waals surface area (Å²) < 4.78 is 26.0. The number of sulfonamides is 1. The molecule has 0 aliphatic carbocycles. The van der Waals surface area contributed by atoms with Crippen LogP contribution >= 0.6 is 0 Å². The van der Waals surface area contributed by atoms with Crippen LogP contribution < -0.4 is 5.32 Å². The summed E-state index contributed by atoms with van der Waals surface area (Å²) >= 11 is 0. The Bertz CT molecular complexity index is 619. The molecule has 0 aromatic carbocycles. The lowest BCUT2D eigenvalue weighted by atomic mass is 10.0. The predicted molar refractivity (Wildman–Crippen MR) is 101 cm³/mol. The SMILES string of the molecule is CCCCS(=O)(=O)N1CCC(NC(=O)C2CC(=O)N(C(C)(C)C)C2)CC1. The highest BCUT2D eigenvalue weighted by atomic mass is 32.2. The van der Waals surface area contributed by atoms with Crippen molar-refractivity contribution < 1.29 is 18.0 Å². The zero-order valence-corrected chi connectivity index (χ0v) is 17.3. The minimum absolute atomic E-state index is 0.0149. The van der Waals surface area contributed by atoms with Gasteiger partial charge in [-0.1, -0.05) is 13.3 Å². The molecule has 2 rings (SSSR count). The summed E-state index contributed by atoms with van der Waals surface area (Å²) in [7, 11) is -3.17. The van der Waals surface area contributed by atoms with Crippen LogP contribution in [0.1, 0.15) is 59.8 Å². The summed E-state index contributed by atoms with van der Waals surface area (Å²) in [6.45, 7) is 9.26. The third-order valence-electron chi connectivity index (χ3n) is 5.26. The van der Waals surface area contributed by atoms with Gasteiger partial charge in [0.1, 0.15) is 0 Å². The summed E-state index contributed by atoms with van der Waals surface area (Å²) in [6, 6.07) is -0.0149. The Hall–Kier alpha value is -1.15. The summed E-state index contributed by atoms with van der Waals surface area (Å²) in [5.74, 6) is -0.173. The van der Waals surface area contributed by atoms with Crippen molar-refractivity contribution in [2.75, 3.05) is 25.4 Å². The molecule has 26 heavy (non-hydrogen) atoms. The van der Waals surface area contributed by atoms with E-state index >= 15 is 0 Å². The van der Waals surface area contributed by atoms with E-state index in [-0.39, 0.29) is 41.5 Å². The summed E-state index contributed by atoms with van der Waals surface area (Å²) in [5, 5.41) is 3.03. The normalized spacial score (nSPS) is 23.5. The Morgan fingerprint density at radius 3 is 2.35 bits per heavy atom. The number of nitrogens with zero attached hydrogens (tertiary/aromatic N) is 2. The number of rotatable bonds is 6. The van der Waals surface area contributed by atoms with Gasteiger partial charge in [-0.2, -0.15) is 0 Å². The van der Waals surface area contributed by atoms with Crippen LogP contribution in [-0.2, 0) is 19.6 Å². The summed E-state index contributed by atoms with van der Waals surface area (Å²) in [5.41, 5.74) is -0.274. The van der Waals surface area contributed by atoms with E-state index in [0.717, 1.165) is 6.42 Å². The van der Waals surface area contributed by atoms with Crippen LogP contribution in [-0.4, -0.2) is 66.4 Å². The van der Waals surface area contributed by atoms with Crippen molar-refractivity contribution in [3.8, 4) is 0 Å². The molecular formula is C18H33N3O4S. The molecule has 1 unspecified atom stereocenters. The van der Waals surface area contributed by atoms with E-state index in [0.29, 0.717) is 38.9 Å². The van der Waals surface area contributed by atoms with Crippen LogP contribution in [0.25, 0.3) is 0 Å². The Kier molecular flexibility index (Phi) is 6.71. The van der Waals surface area contributed by atoms with Crippen LogP contribution in [0.5, 0.6) is 0 Å². The van der Waals surface area contributed by atoms with E-state index in [2.05, 4.69) is 5.32 Å². The molecule has 0 radical (unpaired) electrons. The van der Waals surface area contributed by atoms with E-state index in [9.17, 15) is 18.0 Å². The first-order chi connectivity index (χ1) is 12.0. The number of hydrogen-bond acceptors (Lipinski definition) is 4. The molecule has 2 fully saturated rings. The van der Waals surface area contributed by atoms with Gasteiger partial charge in [0.25, 0.3) is 0 Å². The number of carbonyl (C=O) groups is 2. The number of likely N-dealkylation sites (tertiary alicyclic amines) is 1. The van der Waals surface area contributed by atoms with Gasteiger partial charge in [-0.25, -0.2) is 12.7 Å². The van der Waals surface area contributed by atoms with E-state index in [1.54, 1.807) is 9.21 Å². The number of unbranched alkanes of at least 4 members (excludes halogenated alkanes) is 1. The average Bonchev–Trinajstić information content (AvgIpc) is 2.96. The fourth-order valence-corrected chi connectivity index (χ4v) is 5.26. The maximum Gasteiger partial charge on any atom is 0.225 e. The molecule has 150 valence electrons. The van der Waals surface area contributed by atoms with Gasteiger partial charge in [0.15, 0.2) is 0 Å². The second-order valence-corrected chi connectivity index (χ2v) is 10.5. The van der Waals surface area contributed by atoms with Gasteiger partial charge < -0.3 is 10.2 Å². The lowest BCUT2D eigenvalue weighted by Crippen LogP contribution is -2.49. The number of nitrogens with one attached hydrogen (secondary N) is 1. The van der Waals surface area contributed by atoms with Crippen LogP contribution in [0, 0.1) is 5.92 Å². The number of amides is 2. The average molecular weight is 388 g/mol. The fraction of sp³-hybridized carbons (Fsp3) is 0.889. The Labute approximate surface area is 157 Å². The van der Waals surface area contributed by atoms with E-state index in [1.165, 1.54) is 0 Å². The second kappa shape index (κ2) is 8.25. The molecule has 0 aromatic heterocycles. The van der Waals surface area contributed by atoms with E-state index < -0.39 is 10.0 Å². The fourth-order valence-electron chi connectivity index (χ4n) is 3.58. The Balaban J connectivity index is 1.83. The first kappa shape index (κ1) is 21.2. The van der Waals surface area contributed by atoms with Gasteiger partial charge >= 0.3 is 0 Å². The van der Waals surface area contributed by atoms with Crippen molar-refractivity contribution in [3.05, 3.63) is 0 Å². The van der Waals surface area contributed by atoms with Gasteiger partial charge in [-0.15, -0.1) is 0 Å². The predicted octanol–water partition coefficient (Wildman–Crippen LogP) is 1.34. The molecule has 1 atom stereocenters. The molecule has 7 nitrogen and oxygen atoms in total. The van der Waals surface area contributed by atoms with Gasteiger partial charge in [-0.05, 0) is 40.0 Å². The molecular weight excluding hydrogens is 354 g/mol. The lowest BCUT2D eigenvalue weighted by molar-refractivity contribution is -0.132. The minimum Gasteiger partial charge on any atom is -0.353 e. The number of carbonyl (C=O) groups excluding carboxylic acids is 2. The quantitative estimate of drug-likeness (QED) is 0.745. The van der Waals surface area contributed by atoms with Gasteiger partial charge in [0.2, 0.25) is 21.8 Å². The number of piperidine rings is 1. The summed E-state index contributed by atoms with van der Waals surface area (Å²) in [4.78, 5) is 26.4. The van der Waals surface area contributed by atoms with E-state index in [4.69, 9.17) is 0 Å². The van der Waals surface area contributed by atoms with Crippen molar-refractivity contribution in [2.45, 2.75) is 71.4 Å². The zero-order valence-electron chi connectivity index (χ0n) is 16.5. The highest BCUT2D eigenvalue weighted by Crippen LogP contribution is 2.26. The number of hydrogen-bond donors (Lipinski definition) is 1. The Morgan fingerprint density at radius 1 is 1.23 bits per heavy atom. The maximum atomic E-state index is 12.5. The van der Waals surface area contributed by atoms with Gasteiger partial charge in [0, 0.05) is 37.6 Å². The lowest BCUT2D eigenvalue weighted by Gasteiger charge is -2.33. The molecule has 2 amide bonds. The molecule has 0 saturated carbocycles. The highest BCUT2D eigenvalue weighted by Gasteiger charge is 2.40. The maximum absolute atomic E-state index is 12.5. The van der Waals surface area contributed by atoms with Crippen molar-refractivity contribution in [1.29, 1.82) is 0 Å². The van der Waals surface area contributed by atoms with E-state index in [1.807, 2.05) is 27.7 Å². The van der Waals surface area contributed by atoms with Crippen molar-refractivity contribution in [3.63, 3.8) is 0 Å². The molecule has 0 aromatic rings. The zero-order chi connectivity index (χ0) is 19.5. The van der Waals surface area contributed by atoms with Crippen LogP contribution in [0.2, 0.25) is 0 Å². The molecule has 2 heterocycles. The van der Waals surface area contributed by atoms with Crippen molar-refractivity contribution >= 4 is 21.8 Å². The van der Waals surface area contributed by atoms with Crippen molar-refractivity contribution in [1.82, 2.24) is 14.5 Å². The van der Waals surface area contributed by atoms with Crippen LogP contribution in [0.4, 0.5) is 0 Å². The van der Waals surface area contributed by atoms with Crippen molar-refractivity contribution in [2.24, 2.45) is 5.92 Å². The topological polar surface area (TPSA) is 86.8 Å².